The Morgan fingerprint density at radius 1 is 1.29 bits per heavy atom. The minimum Gasteiger partial charge on any atom is -0.340 e. The Kier molecular flexibility index (Phi) is 3.90. The average molecular weight is 227 g/mol. The summed E-state index contributed by atoms with van der Waals surface area (Å²) in [6.07, 6.45) is 0. The van der Waals surface area contributed by atoms with E-state index >= 15 is 0 Å². The van der Waals surface area contributed by atoms with Gasteiger partial charge in [-0.25, -0.2) is 0 Å². The normalized spacial score (nSPS) is 9.71. The molecule has 86 valence electrons. The van der Waals surface area contributed by atoms with E-state index < -0.39 is 0 Å². The molecule has 0 bridgehead atoms. The van der Waals surface area contributed by atoms with E-state index in [1.54, 1.807) is 6.92 Å². The first-order valence-electron chi connectivity index (χ1n) is 5.38. The number of hydrogen-bond acceptors (Lipinski definition) is 4. The molecule has 0 fully saturated rings. The zero-order chi connectivity index (χ0) is 11.9. The predicted molar refractivity (Wildman–Crippen MR) is 64.1 cm³/mol. The second-order valence-corrected chi connectivity index (χ2v) is 3.50. The van der Waals surface area contributed by atoms with Gasteiger partial charge >= 0.3 is 0 Å². The second-order valence-electron chi connectivity index (χ2n) is 3.50. The van der Waals surface area contributed by atoms with E-state index in [0.717, 1.165) is 5.56 Å². The third kappa shape index (κ3) is 3.74. The highest BCUT2D eigenvalue weighted by Gasteiger charge is 1.99. The second kappa shape index (κ2) is 5.83. The molecule has 0 saturated carbocycles. The lowest BCUT2D eigenvalue weighted by molar-refractivity contribution is 0.386. The van der Waals surface area contributed by atoms with Gasteiger partial charge in [0.25, 0.3) is 0 Å². The molecule has 0 atom stereocenters. The summed E-state index contributed by atoms with van der Waals surface area (Å²) in [5.41, 5.74) is 1.02. The Balaban J connectivity index is 1.75. The van der Waals surface area contributed by atoms with Gasteiger partial charge < -0.3 is 4.52 Å². The molecule has 0 radical (unpaired) electrons. The molecule has 0 aliphatic heterocycles. The summed E-state index contributed by atoms with van der Waals surface area (Å²) in [6, 6.07) is 9.88. The first-order chi connectivity index (χ1) is 8.34. The van der Waals surface area contributed by atoms with Crippen molar-refractivity contribution in [3.05, 3.63) is 47.6 Å². The van der Waals surface area contributed by atoms with Crippen LogP contribution in [-0.4, -0.2) is 16.7 Å². The van der Waals surface area contributed by atoms with Crippen LogP contribution >= 0.6 is 0 Å². The number of nitrogens with one attached hydrogen (secondary N) is 1. The Hall–Kier alpha value is -2.12. The topological polar surface area (TPSA) is 51.0 Å². The molecule has 0 unspecified atom stereocenters. The number of hydrogen-bond donors (Lipinski definition) is 1. The molecule has 2 rings (SSSR count). The summed E-state index contributed by atoms with van der Waals surface area (Å²) in [5, 5.41) is 6.90. The van der Waals surface area contributed by atoms with Crippen LogP contribution in [0.25, 0.3) is 0 Å². The van der Waals surface area contributed by atoms with Crippen LogP contribution in [0.5, 0.6) is 0 Å². The summed E-state index contributed by atoms with van der Waals surface area (Å²) in [6.45, 7) is 2.94. The molecule has 0 amide bonds. The van der Waals surface area contributed by atoms with Gasteiger partial charge in [-0.2, -0.15) is 4.98 Å². The highest BCUT2D eigenvalue weighted by Crippen LogP contribution is 1.95. The molecule has 2 aromatic rings. The number of rotatable bonds is 3. The van der Waals surface area contributed by atoms with E-state index in [4.69, 9.17) is 4.52 Å². The molecule has 4 nitrogen and oxygen atoms in total. The SMILES string of the molecule is Cc1nc(CNCC#Cc2ccccc2)no1. The minimum atomic E-state index is 0.570. The van der Waals surface area contributed by atoms with Crippen LogP contribution in [0.1, 0.15) is 17.3 Å². The van der Waals surface area contributed by atoms with Gasteiger partial charge in [-0.05, 0) is 12.1 Å². The molecule has 1 N–H and O–H groups in total. The van der Waals surface area contributed by atoms with Crippen LogP contribution in [0.2, 0.25) is 0 Å². The molecular weight excluding hydrogens is 214 g/mol. The van der Waals surface area contributed by atoms with E-state index in [1.165, 1.54) is 0 Å². The van der Waals surface area contributed by atoms with Crippen LogP contribution in [0.3, 0.4) is 0 Å². The fraction of sp³-hybridized carbons (Fsp3) is 0.231. The Bertz CT molecular complexity index is 522. The van der Waals surface area contributed by atoms with Crippen molar-refractivity contribution >= 4 is 0 Å². The van der Waals surface area contributed by atoms with Crippen molar-refractivity contribution in [3.63, 3.8) is 0 Å². The summed E-state index contributed by atoms with van der Waals surface area (Å²) in [7, 11) is 0. The quantitative estimate of drug-likeness (QED) is 0.638. The van der Waals surface area contributed by atoms with E-state index in [0.29, 0.717) is 24.8 Å². The van der Waals surface area contributed by atoms with Gasteiger partial charge in [-0.1, -0.05) is 35.2 Å². The maximum absolute atomic E-state index is 4.85. The fourth-order valence-electron chi connectivity index (χ4n) is 1.32. The lowest BCUT2D eigenvalue weighted by Gasteiger charge is -1.93. The highest BCUT2D eigenvalue weighted by molar-refractivity contribution is 5.33. The van der Waals surface area contributed by atoms with Crippen LogP contribution < -0.4 is 5.32 Å². The van der Waals surface area contributed by atoms with E-state index in [2.05, 4.69) is 27.3 Å². The van der Waals surface area contributed by atoms with Crippen molar-refractivity contribution in [1.29, 1.82) is 0 Å². The Morgan fingerprint density at radius 2 is 2.12 bits per heavy atom. The largest absolute Gasteiger partial charge is 0.340 e. The summed E-state index contributed by atoms with van der Waals surface area (Å²) >= 11 is 0. The molecule has 1 heterocycles. The molecule has 1 aromatic carbocycles. The lowest BCUT2D eigenvalue weighted by Crippen LogP contribution is -2.14. The van der Waals surface area contributed by atoms with Gasteiger partial charge in [0.05, 0.1) is 13.1 Å². The predicted octanol–water partition coefficient (Wildman–Crippen LogP) is 1.52. The van der Waals surface area contributed by atoms with Crippen LogP contribution in [0.15, 0.2) is 34.9 Å². The van der Waals surface area contributed by atoms with Crippen molar-refractivity contribution in [2.24, 2.45) is 0 Å². The average Bonchev–Trinajstić information content (AvgIpc) is 2.76. The Labute approximate surface area is 100 Å². The van der Waals surface area contributed by atoms with Gasteiger partial charge in [0.1, 0.15) is 0 Å². The van der Waals surface area contributed by atoms with Crippen molar-refractivity contribution < 1.29 is 4.52 Å². The number of benzene rings is 1. The van der Waals surface area contributed by atoms with Gasteiger partial charge in [-0.3, -0.25) is 5.32 Å². The first-order valence-corrected chi connectivity index (χ1v) is 5.38. The third-order valence-corrected chi connectivity index (χ3v) is 2.07. The van der Waals surface area contributed by atoms with Gasteiger partial charge in [0, 0.05) is 12.5 Å². The molecule has 0 aliphatic rings. The number of aryl methyl sites for hydroxylation is 1. The molecule has 0 saturated heterocycles. The van der Waals surface area contributed by atoms with Crippen molar-refractivity contribution in [2.75, 3.05) is 6.54 Å². The number of nitrogens with zero attached hydrogens (tertiary/aromatic N) is 2. The smallest absolute Gasteiger partial charge is 0.223 e. The van der Waals surface area contributed by atoms with Gasteiger partial charge in [0.15, 0.2) is 5.82 Å². The van der Waals surface area contributed by atoms with Gasteiger partial charge in [0.2, 0.25) is 5.89 Å². The zero-order valence-electron chi connectivity index (χ0n) is 9.60. The molecule has 0 aliphatic carbocycles. The lowest BCUT2D eigenvalue weighted by atomic mass is 10.2. The minimum absolute atomic E-state index is 0.570. The van der Waals surface area contributed by atoms with Gasteiger partial charge in [-0.15, -0.1) is 0 Å². The standard InChI is InChI=1S/C13H13N3O/c1-11-15-13(16-17-11)10-14-9-5-8-12-6-3-2-4-7-12/h2-4,6-7,14H,9-10H2,1H3. The van der Waals surface area contributed by atoms with Crippen LogP contribution in [-0.2, 0) is 6.54 Å². The fourth-order valence-corrected chi connectivity index (χ4v) is 1.32. The molecule has 17 heavy (non-hydrogen) atoms. The van der Waals surface area contributed by atoms with E-state index in [9.17, 15) is 0 Å². The van der Waals surface area contributed by atoms with Crippen LogP contribution in [0, 0.1) is 18.8 Å². The van der Waals surface area contributed by atoms with Crippen molar-refractivity contribution in [1.82, 2.24) is 15.5 Å². The van der Waals surface area contributed by atoms with Crippen molar-refractivity contribution in [3.8, 4) is 11.8 Å². The highest BCUT2D eigenvalue weighted by atomic mass is 16.5. The summed E-state index contributed by atoms with van der Waals surface area (Å²) in [5.74, 6) is 7.33. The third-order valence-electron chi connectivity index (χ3n) is 2.07. The number of aromatic nitrogens is 2. The first kappa shape index (κ1) is 11.4. The molecule has 4 heteroatoms. The monoisotopic (exact) mass is 227 g/mol. The van der Waals surface area contributed by atoms with E-state index in [1.807, 2.05) is 30.3 Å². The summed E-state index contributed by atoms with van der Waals surface area (Å²) in [4.78, 5) is 4.08. The van der Waals surface area contributed by atoms with E-state index in [-0.39, 0.29) is 0 Å². The molecule has 1 aromatic heterocycles. The zero-order valence-corrected chi connectivity index (χ0v) is 9.60. The van der Waals surface area contributed by atoms with Crippen molar-refractivity contribution in [2.45, 2.75) is 13.5 Å². The van der Waals surface area contributed by atoms with Crippen LogP contribution in [0.4, 0.5) is 0 Å². The Morgan fingerprint density at radius 3 is 2.82 bits per heavy atom. The summed E-state index contributed by atoms with van der Waals surface area (Å²) < 4.78 is 4.85. The maximum Gasteiger partial charge on any atom is 0.223 e. The molecular formula is C13H13N3O. The molecule has 0 spiro atoms. The maximum atomic E-state index is 4.85.